The van der Waals surface area contributed by atoms with Crippen molar-refractivity contribution in [2.24, 2.45) is 0 Å². The van der Waals surface area contributed by atoms with E-state index in [9.17, 15) is 14.7 Å². The van der Waals surface area contributed by atoms with E-state index in [4.69, 9.17) is 4.74 Å². The number of nitrogens with one attached hydrogen (secondary N) is 1. The van der Waals surface area contributed by atoms with Crippen molar-refractivity contribution in [3.8, 4) is 11.8 Å². The molecule has 5 rings (SSSR count). The molecule has 1 atom stereocenters. The summed E-state index contributed by atoms with van der Waals surface area (Å²) in [7, 11) is 3.93. The van der Waals surface area contributed by atoms with Gasteiger partial charge in [-0.05, 0) is 79.1 Å². The molecule has 3 aromatic rings. The molecule has 6 heteroatoms. The predicted octanol–water partition coefficient (Wildman–Crippen LogP) is 5.78. The number of aliphatic hydroxyl groups is 1. The second kappa shape index (κ2) is 10.5. The van der Waals surface area contributed by atoms with Gasteiger partial charge in [-0.2, -0.15) is 0 Å². The van der Waals surface area contributed by atoms with Crippen LogP contribution in [0.2, 0.25) is 0 Å². The van der Waals surface area contributed by atoms with Gasteiger partial charge in [-0.15, -0.1) is 0 Å². The van der Waals surface area contributed by atoms with Crippen LogP contribution in [-0.4, -0.2) is 36.7 Å². The van der Waals surface area contributed by atoms with Gasteiger partial charge in [0.15, 0.2) is 0 Å². The van der Waals surface area contributed by atoms with E-state index in [0.29, 0.717) is 16.8 Å². The van der Waals surface area contributed by atoms with Gasteiger partial charge in [0.05, 0.1) is 5.56 Å². The summed E-state index contributed by atoms with van der Waals surface area (Å²) in [6.07, 6.45) is 3.60. The average molecular weight is 537 g/mol. The highest BCUT2D eigenvalue weighted by molar-refractivity contribution is 6.01. The average Bonchev–Trinajstić information content (AvgIpc) is 3.52. The first-order valence-corrected chi connectivity index (χ1v) is 13.8. The lowest BCUT2D eigenvalue weighted by atomic mass is 9.75. The molecule has 1 unspecified atom stereocenters. The van der Waals surface area contributed by atoms with Gasteiger partial charge < -0.3 is 20.1 Å². The number of benzene rings is 3. The molecule has 206 valence electrons. The van der Waals surface area contributed by atoms with Gasteiger partial charge in [-0.3, -0.25) is 4.79 Å². The Morgan fingerprint density at radius 2 is 1.70 bits per heavy atom. The summed E-state index contributed by atoms with van der Waals surface area (Å²) in [4.78, 5) is 28.3. The molecule has 1 amide bonds. The Morgan fingerprint density at radius 1 is 1.02 bits per heavy atom. The lowest BCUT2D eigenvalue weighted by Gasteiger charge is -2.32. The molecular weight excluding hydrogens is 500 g/mol. The number of amides is 1. The van der Waals surface area contributed by atoms with Crippen molar-refractivity contribution in [3.05, 3.63) is 95.1 Å². The van der Waals surface area contributed by atoms with Gasteiger partial charge in [0.25, 0.3) is 5.91 Å². The summed E-state index contributed by atoms with van der Waals surface area (Å²) >= 11 is 0. The largest absolute Gasteiger partial charge is 0.451 e. The molecule has 1 saturated carbocycles. The summed E-state index contributed by atoms with van der Waals surface area (Å²) in [5, 5.41) is 14.8. The molecule has 1 aliphatic carbocycles. The fourth-order valence-corrected chi connectivity index (χ4v) is 5.85. The van der Waals surface area contributed by atoms with Gasteiger partial charge in [0.1, 0.15) is 5.60 Å². The molecule has 40 heavy (non-hydrogen) atoms. The van der Waals surface area contributed by atoms with Crippen molar-refractivity contribution in [1.29, 1.82) is 0 Å². The molecule has 0 aromatic heterocycles. The number of anilines is 2. The summed E-state index contributed by atoms with van der Waals surface area (Å²) < 4.78 is 5.81. The second-order valence-electron chi connectivity index (χ2n) is 11.8. The normalized spacial score (nSPS) is 16.9. The molecule has 1 aliphatic heterocycles. The number of hydrogen-bond acceptors (Lipinski definition) is 5. The van der Waals surface area contributed by atoms with E-state index in [1.165, 1.54) is 0 Å². The lowest BCUT2D eigenvalue weighted by Crippen LogP contribution is -2.46. The number of rotatable bonds is 6. The van der Waals surface area contributed by atoms with Crippen LogP contribution in [0.25, 0.3) is 0 Å². The van der Waals surface area contributed by atoms with E-state index in [2.05, 4.69) is 17.2 Å². The van der Waals surface area contributed by atoms with Crippen molar-refractivity contribution in [2.75, 3.05) is 24.3 Å². The first kappa shape index (κ1) is 27.5. The van der Waals surface area contributed by atoms with Crippen LogP contribution in [0.4, 0.5) is 11.4 Å². The highest BCUT2D eigenvalue weighted by atomic mass is 16.6. The van der Waals surface area contributed by atoms with Crippen LogP contribution in [0, 0.1) is 11.8 Å². The number of esters is 1. The Morgan fingerprint density at radius 3 is 2.35 bits per heavy atom. The van der Waals surface area contributed by atoms with E-state index >= 15 is 0 Å². The zero-order chi connectivity index (χ0) is 28.5. The zero-order valence-corrected chi connectivity index (χ0v) is 23.6. The molecule has 6 nitrogen and oxygen atoms in total. The van der Waals surface area contributed by atoms with E-state index < -0.39 is 22.5 Å². The summed E-state index contributed by atoms with van der Waals surface area (Å²) in [5.41, 5.74) is 1.43. The summed E-state index contributed by atoms with van der Waals surface area (Å²) in [5.74, 6) is 5.02. The molecule has 0 radical (unpaired) electrons. The van der Waals surface area contributed by atoms with Crippen molar-refractivity contribution in [1.82, 2.24) is 0 Å². The number of hydrogen-bond donors (Lipinski definition) is 2. The number of carbonyl (C=O) groups is 2. The highest BCUT2D eigenvalue weighted by Gasteiger charge is 2.47. The number of ether oxygens (including phenoxy) is 1. The van der Waals surface area contributed by atoms with Crippen molar-refractivity contribution >= 4 is 23.3 Å². The maximum absolute atomic E-state index is 13.8. The molecule has 0 bridgehead atoms. The van der Waals surface area contributed by atoms with Gasteiger partial charge in [-0.25, -0.2) is 4.79 Å². The van der Waals surface area contributed by atoms with Crippen LogP contribution in [0.1, 0.15) is 73.0 Å². The predicted molar refractivity (Wildman–Crippen MR) is 157 cm³/mol. The Hall–Kier alpha value is -4.08. The van der Waals surface area contributed by atoms with Crippen molar-refractivity contribution in [3.63, 3.8) is 0 Å². The molecule has 1 fully saturated rings. The quantitative estimate of drug-likeness (QED) is 0.308. The first-order valence-electron chi connectivity index (χ1n) is 13.8. The maximum Gasteiger partial charge on any atom is 0.339 e. The standard InChI is InChI=1S/C34H36N2O4/c1-32(2,25-10-6-5-7-11-25)23-33(39,21-18-24-12-15-27(16-13-24)36(3)4)31(38)35-26-14-17-28-29(22-26)34(40-30(28)37)19-8-9-20-34/h5-7,10-17,22,39H,8-9,19-20,23H2,1-4H3,(H,35,38). The maximum atomic E-state index is 13.8. The second-order valence-corrected chi connectivity index (χ2v) is 11.8. The van der Waals surface area contributed by atoms with Crippen LogP contribution in [0.5, 0.6) is 0 Å². The third kappa shape index (κ3) is 5.35. The Bertz CT molecular complexity index is 1480. The van der Waals surface area contributed by atoms with E-state index in [1.54, 1.807) is 12.1 Å². The van der Waals surface area contributed by atoms with Crippen LogP contribution in [-0.2, 0) is 20.5 Å². The first-order chi connectivity index (χ1) is 19.0. The Labute approximate surface area is 236 Å². The lowest BCUT2D eigenvalue weighted by molar-refractivity contribution is -0.130. The minimum atomic E-state index is -1.99. The monoisotopic (exact) mass is 536 g/mol. The van der Waals surface area contributed by atoms with E-state index in [-0.39, 0.29) is 12.4 Å². The molecular formula is C34H36N2O4. The SMILES string of the molecule is CN(C)c1ccc(C#CC(O)(CC(C)(C)c2ccccc2)C(=O)Nc2ccc3c(c2)C2(CCCC2)OC3=O)cc1. The van der Waals surface area contributed by atoms with Gasteiger partial charge >= 0.3 is 5.97 Å². The molecule has 2 N–H and O–H groups in total. The van der Waals surface area contributed by atoms with Crippen LogP contribution in [0.3, 0.4) is 0 Å². The molecule has 3 aromatic carbocycles. The molecule has 1 heterocycles. The highest BCUT2D eigenvalue weighted by Crippen LogP contribution is 2.48. The number of carbonyl (C=O) groups excluding carboxylic acids is 2. The Balaban J connectivity index is 1.47. The van der Waals surface area contributed by atoms with Crippen LogP contribution in [0.15, 0.2) is 72.8 Å². The van der Waals surface area contributed by atoms with Crippen molar-refractivity contribution in [2.45, 2.75) is 62.6 Å². The fraction of sp³-hybridized carbons (Fsp3) is 0.353. The van der Waals surface area contributed by atoms with Gasteiger partial charge in [0.2, 0.25) is 5.60 Å². The van der Waals surface area contributed by atoms with Gasteiger partial charge in [-0.1, -0.05) is 56.0 Å². The molecule has 0 saturated heterocycles. The van der Waals surface area contributed by atoms with Crippen molar-refractivity contribution < 1.29 is 19.4 Å². The van der Waals surface area contributed by atoms with E-state index in [1.807, 2.05) is 93.5 Å². The number of nitrogens with zero attached hydrogens (tertiary/aromatic N) is 1. The number of fused-ring (bicyclic) bond motifs is 2. The minimum Gasteiger partial charge on any atom is -0.451 e. The summed E-state index contributed by atoms with van der Waals surface area (Å²) in [6, 6.07) is 22.7. The molecule has 2 aliphatic rings. The Kier molecular flexibility index (Phi) is 7.20. The minimum absolute atomic E-state index is 0.0785. The molecule has 1 spiro atoms. The summed E-state index contributed by atoms with van der Waals surface area (Å²) in [6.45, 7) is 3.99. The third-order valence-corrected chi connectivity index (χ3v) is 8.11. The van der Waals surface area contributed by atoms with E-state index in [0.717, 1.165) is 42.5 Å². The smallest absolute Gasteiger partial charge is 0.339 e. The zero-order valence-electron chi connectivity index (χ0n) is 23.6. The third-order valence-electron chi connectivity index (χ3n) is 8.11. The van der Waals surface area contributed by atoms with Crippen LogP contribution >= 0.6 is 0 Å². The fourth-order valence-electron chi connectivity index (χ4n) is 5.85. The topological polar surface area (TPSA) is 78.9 Å². The van der Waals surface area contributed by atoms with Crippen LogP contribution < -0.4 is 10.2 Å². The van der Waals surface area contributed by atoms with Gasteiger partial charge in [0, 0.05) is 43.0 Å².